The molecule has 0 bridgehead atoms. The second-order valence-electron chi connectivity index (χ2n) is 12.0. The van der Waals surface area contributed by atoms with E-state index in [4.69, 9.17) is 16.3 Å². The zero-order valence-electron chi connectivity index (χ0n) is 24.7. The molecule has 43 heavy (non-hydrogen) atoms. The van der Waals surface area contributed by atoms with Crippen LogP contribution in [0.2, 0.25) is 5.02 Å². The van der Waals surface area contributed by atoms with Crippen molar-refractivity contribution in [1.29, 1.82) is 0 Å². The van der Waals surface area contributed by atoms with Crippen LogP contribution in [0.15, 0.2) is 78.9 Å². The Morgan fingerprint density at radius 3 is 2.26 bits per heavy atom. The Kier molecular flexibility index (Phi) is 7.73. The normalized spacial score (nSPS) is 31.4. The number of likely N-dealkylation sites (tertiary alicyclic amines) is 1. The average molecular weight is 604 g/mol. The molecular formula is C34H38ClN3O5. The fourth-order valence-electron chi connectivity index (χ4n) is 7.60. The summed E-state index contributed by atoms with van der Waals surface area (Å²) in [5.74, 6) is -2.87. The third-order valence-electron chi connectivity index (χ3n) is 9.93. The fourth-order valence-corrected chi connectivity index (χ4v) is 7.84. The summed E-state index contributed by atoms with van der Waals surface area (Å²) in [6.45, 7) is 6.14. The Bertz CT molecular complexity index is 1480. The maximum absolute atomic E-state index is 14.9. The number of rotatable bonds is 7. The van der Waals surface area contributed by atoms with Crippen LogP contribution < -0.4 is 9.80 Å². The van der Waals surface area contributed by atoms with Gasteiger partial charge in [-0.3, -0.25) is 14.4 Å². The maximum Gasteiger partial charge on any atom is 0.253 e. The lowest BCUT2D eigenvalue weighted by Crippen LogP contribution is -2.60. The number of fused-ring (bicyclic) bond motifs is 2. The Balaban J connectivity index is 1.54. The molecule has 8 nitrogen and oxygen atoms in total. The molecule has 1 unspecified atom stereocenters. The number of anilines is 2. The number of aliphatic hydroxyl groups is 1. The van der Waals surface area contributed by atoms with E-state index < -0.39 is 35.1 Å². The van der Waals surface area contributed by atoms with Crippen LogP contribution in [-0.4, -0.2) is 70.7 Å². The van der Waals surface area contributed by atoms with Crippen molar-refractivity contribution >= 4 is 40.7 Å². The number of carbonyl (C=O) groups is 3. The summed E-state index contributed by atoms with van der Waals surface area (Å²) in [7, 11) is 0. The Hall–Kier alpha value is -3.46. The van der Waals surface area contributed by atoms with E-state index in [0.717, 1.165) is 5.69 Å². The molecule has 4 aliphatic heterocycles. The van der Waals surface area contributed by atoms with Gasteiger partial charge in [-0.25, -0.2) is 0 Å². The van der Waals surface area contributed by atoms with Gasteiger partial charge < -0.3 is 24.5 Å². The molecule has 0 saturated carbocycles. The highest BCUT2D eigenvalue weighted by Crippen LogP contribution is 2.59. The number of amides is 3. The third-order valence-corrected chi connectivity index (χ3v) is 10.3. The van der Waals surface area contributed by atoms with Crippen LogP contribution in [0.3, 0.4) is 0 Å². The number of benzene rings is 2. The first-order valence-electron chi connectivity index (χ1n) is 15.2. The SMILES string of the molecule is CC[C@H](C)[C@H](CO)N1C(=O)[C@@H]2[C@@H]3C(=O)N(c4ccccc4)CC=C[C@]3(CC)O[C@@]23C=CCN(c2ccccc2Cl)C(=O)C13. The molecule has 9 heteroatoms. The van der Waals surface area contributed by atoms with Gasteiger partial charge in [-0.15, -0.1) is 0 Å². The van der Waals surface area contributed by atoms with Crippen molar-refractivity contribution in [2.45, 2.75) is 56.9 Å². The standard InChI is InChI=1S/C34H38ClN3O5/c1-4-22(3)26(21-39)38-29-32(42)37(25-16-10-9-15-24(25)35)20-12-18-34(29)28(31(38)41)27-30(40)36(23-13-7-6-8-14-23)19-11-17-33(27,5-2)43-34/h6-18,22,26-29,39H,4-5,19-21H2,1-3H3/t22-,26-,27+,28-,29?,33-,34-/m0/s1. The molecule has 1 spiro atoms. The lowest BCUT2D eigenvalue weighted by atomic mass is 9.73. The summed E-state index contributed by atoms with van der Waals surface area (Å²) in [6, 6.07) is 14.8. The van der Waals surface area contributed by atoms with E-state index in [2.05, 4.69) is 0 Å². The molecule has 0 radical (unpaired) electrons. The first kappa shape index (κ1) is 29.6. The summed E-state index contributed by atoms with van der Waals surface area (Å²) in [4.78, 5) is 49.1. The molecule has 4 heterocycles. The topological polar surface area (TPSA) is 90.4 Å². The van der Waals surface area contributed by atoms with Crippen molar-refractivity contribution in [3.63, 3.8) is 0 Å². The zero-order valence-corrected chi connectivity index (χ0v) is 25.5. The van der Waals surface area contributed by atoms with Gasteiger partial charge in [-0.1, -0.05) is 93.4 Å². The lowest BCUT2D eigenvalue weighted by molar-refractivity contribution is -0.150. The molecule has 0 aliphatic carbocycles. The van der Waals surface area contributed by atoms with Crippen LogP contribution in [0.25, 0.3) is 0 Å². The van der Waals surface area contributed by atoms with Crippen LogP contribution in [0.1, 0.15) is 33.6 Å². The number of hydrogen-bond donors (Lipinski definition) is 1. The minimum absolute atomic E-state index is 0.111. The van der Waals surface area contributed by atoms with E-state index >= 15 is 0 Å². The first-order chi connectivity index (χ1) is 20.7. The summed E-state index contributed by atoms with van der Waals surface area (Å²) in [6.07, 6.45) is 8.65. The molecular weight excluding hydrogens is 566 g/mol. The number of carbonyl (C=O) groups excluding carboxylic acids is 3. The average Bonchev–Trinajstić information content (AvgIpc) is 3.31. The van der Waals surface area contributed by atoms with Gasteiger partial charge in [0.2, 0.25) is 11.8 Å². The lowest BCUT2D eigenvalue weighted by Gasteiger charge is -2.42. The minimum atomic E-state index is -1.43. The highest BCUT2D eigenvalue weighted by molar-refractivity contribution is 6.34. The van der Waals surface area contributed by atoms with E-state index in [9.17, 15) is 19.5 Å². The van der Waals surface area contributed by atoms with Crippen LogP contribution >= 0.6 is 11.6 Å². The van der Waals surface area contributed by atoms with Gasteiger partial charge in [0.05, 0.1) is 40.8 Å². The molecule has 2 aromatic carbocycles. The summed E-state index contributed by atoms with van der Waals surface area (Å²) in [5, 5.41) is 11.1. The van der Waals surface area contributed by atoms with Gasteiger partial charge in [-0.2, -0.15) is 0 Å². The predicted molar refractivity (Wildman–Crippen MR) is 166 cm³/mol. The smallest absolute Gasteiger partial charge is 0.253 e. The van der Waals surface area contributed by atoms with Gasteiger partial charge in [0.15, 0.2) is 0 Å². The summed E-state index contributed by atoms with van der Waals surface area (Å²) < 4.78 is 7.08. The predicted octanol–water partition coefficient (Wildman–Crippen LogP) is 4.61. The molecule has 6 rings (SSSR count). The van der Waals surface area contributed by atoms with Gasteiger partial charge in [0.25, 0.3) is 5.91 Å². The second kappa shape index (κ2) is 11.2. The number of nitrogens with zero attached hydrogens (tertiary/aromatic N) is 3. The van der Waals surface area contributed by atoms with Crippen molar-refractivity contribution < 1.29 is 24.2 Å². The van der Waals surface area contributed by atoms with E-state index in [0.29, 0.717) is 30.1 Å². The largest absolute Gasteiger partial charge is 0.394 e. The molecule has 3 amide bonds. The summed E-state index contributed by atoms with van der Waals surface area (Å²) in [5.41, 5.74) is -1.26. The number of hydrogen-bond acceptors (Lipinski definition) is 5. The van der Waals surface area contributed by atoms with Crippen LogP contribution in [0.5, 0.6) is 0 Å². The Labute approximate surface area is 257 Å². The van der Waals surface area contributed by atoms with Crippen molar-refractivity contribution in [2.24, 2.45) is 17.8 Å². The molecule has 2 aromatic rings. The Morgan fingerprint density at radius 2 is 1.58 bits per heavy atom. The Morgan fingerprint density at radius 1 is 0.907 bits per heavy atom. The molecule has 2 saturated heterocycles. The number of aliphatic hydroxyl groups excluding tert-OH is 1. The van der Waals surface area contributed by atoms with Crippen LogP contribution in [0.4, 0.5) is 11.4 Å². The van der Waals surface area contributed by atoms with Crippen molar-refractivity contribution in [3.05, 3.63) is 83.9 Å². The third kappa shape index (κ3) is 4.37. The van der Waals surface area contributed by atoms with Gasteiger partial charge >= 0.3 is 0 Å². The number of halogens is 1. The highest BCUT2D eigenvalue weighted by atomic mass is 35.5. The van der Waals surface area contributed by atoms with Crippen molar-refractivity contribution in [3.8, 4) is 0 Å². The molecule has 4 aliphatic rings. The molecule has 0 aromatic heterocycles. The molecule has 226 valence electrons. The van der Waals surface area contributed by atoms with Crippen LogP contribution in [-0.2, 0) is 19.1 Å². The quantitative estimate of drug-likeness (QED) is 0.467. The maximum atomic E-state index is 14.9. The highest BCUT2D eigenvalue weighted by Gasteiger charge is 2.76. The van der Waals surface area contributed by atoms with E-state index in [-0.39, 0.29) is 36.8 Å². The van der Waals surface area contributed by atoms with Crippen molar-refractivity contribution in [1.82, 2.24) is 4.90 Å². The summed E-state index contributed by atoms with van der Waals surface area (Å²) >= 11 is 6.58. The van der Waals surface area contributed by atoms with Gasteiger partial charge in [0, 0.05) is 18.8 Å². The van der Waals surface area contributed by atoms with E-state index in [1.54, 1.807) is 28.0 Å². The van der Waals surface area contributed by atoms with Crippen molar-refractivity contribution in [2.75, 3.05) is 29.5 Å². The van der Waals surface area contributed by atoms with Crippen LogP contribution in [0, 0.1) is 17.8 Å². The molecule has 1 N–H and O–H groups in total. The van der Waals surface area contributed by atoms with Gasteiger partial charge in [-0.05, 0) is 36.6 Å². The number of ether oxygens (including phenoxy) is 1. The fraction of sp³-hybridized carbons (Fsp3) is 0.441. The molecule has 2 fully saturated rings. The van der Waals surface area contributed by atoms with E-state index in [1.807, 2.05) is 81.5 Å². The molecule has 7 atom stereocenters. The van der Waals surface area contributed by atoms with E-state index in [1.165, 1.54) is 4.90 Å². The minimum Gasteiger partial charge on any atom is -0.394 e. The first-order valence-corrected chi connectivity index (χ1v) is 15.5. The monoisotopic (exact) mass is 603 g/mol. The zero-order chi connectivity index (χ0) is 30.5. The second-order valence-corrected chi connectivity index (χ2v) is 12.4. The van der Waals surface area contributed by atoms with Gasteiger partial charge in [0.1, 0.15) is 11.6 Å². The number of para-hydroxylation sites is 2.